The Labute approximate surface area is 203 Å². The van der Waals surface area contributed by atoms with Crippen molar-refractivity contribution in [2.24, 2.45) is 0 Å². The predicted molar refractivity (Wildman–Crippen MR) is 130 cm³/mol. The Morgan fingerprint density at radius 2 is 1.63 bits per heavy atom. The number of nitrogens with one attached hydrogen (secondary N) is 1. The summed E-state index contributed by atoms with van der Waals surface area (Å²) in [7, 11) is 2.77. The molecule has 1 N–H and O–H groups in total. The highest BCUT2D eigenvalue weighted by atomic mass is 32.2. The molecule has 0 radical (unpaired) electrons. The number of hydrogen-bond donors (Lipinski definition) is 1. The predicted octanol–water partition coefficient (Wildman–Crippen LogP) is 2.99. The number of benzene rings is 2. The lowest BCUT2D eigenvalue weighted by Gasteiger charge is -2.13. The summed E-state index contributed by atoms with van der Waals surface area (Å²) in [5, 5.41) is 7.26. The minimum absolute atomic E-state index is 0.171. The van der Waals surface area contributed by atoms with E-state index in [4.69, 9.17) is 18.9 Å². The van der Waals surface area contributed by atoms with Gasteiger partial charge in [0.15, 0.2) is 21.3 Å². The van der Waals surface area contributed by atoms with Crippen molar-refractivity contribution >= 4 is 27.6 Å². The minimum Gasteiger partial charge on any atom is -0.497 e. The SMILES string of the molecule is COc1ccc(-n2nc3c(c2NC(=O)C=Cc2cc(OC)c(OC)c(OC)c2)CS(=O)(=O)C3)cc1. The number of ether oxygens (including phenoxy) is 4. The van der Waals surface area contributed by atoms with E-state index in [1.54, 1.807) is 49.6 Å². The number of methoxy groups -OCH3 is 4. The summed E-state index contributed by atoms with van der Waals surface area (Å²) in [6.45, 7) is 0. The first kappa shape index (κ1) is 24.1. The zero-order chi connectivity index (χ0) is 25.2. The lowest BCUT2D eigenvalue weighted by molar-refractivity contribution is -0.111. The number of hydrogen-bond acceptors (Lipinski definition) is 8. The van der Waals surface area contributed by atoms with Gasteiger partial charge in [-0.25, -0.2) is 13.1 Å². The van der Waals surface area contributed by atoms with E-state index in [9.17, 15) is 13.2 Å². The molecule has 0 spiro atoms. The lowest BCUT2D eigenvalue weighted by Crippen LogP contribution is -2.14. The molecule has 3 aromatic rings. The molecule has 2 heterocycles. The van der Waals surface area contributed by atoms with Gasteiger partial charge in [-0.1, -0.05) is 0 Å². The van der Waals surface area contributed by atoms with Gasteiger partial charge in [0.2, 0.25) is 11.7 Å². The first-order valence-electron chi connectivity index (χ1n) is 10.5. The van der Waals surface area contributed by atoms with Crippen LogP contribution >= 0.6 is 0 Å². The molecule has 0 saturated heterocycles. The van der Waals surface area contributed by atoms with Gasteiger partial charge in [-0.2, -0.15) is 5.10 Å². The fourth-order valence-corrected chi connectivity index (χ4v) is 5.30. The maximum absolute atomic E-state index is 12.9. The van der Waals surface area contributed by atoms with Crippen molar-refractivity contribution in [1.29, 1.82) is 0 Å². The molecule has 10 nitrogen and oxygen atoms in total. The van der Waals surface area contributed by atoms with Gasteiger partial charge in [0.25, 0.3) is 0 Å². The summed E-state index contributed by atoms with van der Waals surface area (Å²) in [5.41, 5.74) is 2.20. The van der Waals surface area contributed by atoms with Gasteiger partial charge in [0.05, 0.1) is 51.3 Å². The molecule has 11 heteroatoms. The third kappa shape index (κ3) is 4.94. The molecule has 35 heavy (non-hydrogen) atoms. The average Bonchev–Trinajstić information content (AvgIpc) is 3.33. The Morgan fingerprint density at radius 3 is 2.20 bits per heavy atom. The standard InChI is InChI=1S/C24H25N3O7S/c1-31-17-8-6-16(7-9-17)27-24(18-13-35(29,30)14-19(18)26-27)25-22(28)10-5-15-11-20(32-2)23(34-4)21(12-15)33-3/h5-12H,13-14H2,1-4H3,(H,25,28). The number of carbonyl (C=O) groups excluding carboxylic acids is 1. The molecule has 184 valence electrons. The van der Waals surface area contributed by atoms with E-state index in [1.807, 2.05) is 0 Å². The van der Waals surface area contributed by atoms with E-state index >= 15 is 0 Å². The molecule has 2 aromatic carbocycles. The van der Waals surface area contributed by atoms with Crippen molar-refractivity contribution < 1.29 is 32.2 Å². The van der Waals surface area contributed by atoms with Crippen LogP contribution in [0.4, 0.5) is 5.82 Å². The average molecular weight is 500 g/mol. The molecule has 0 atom stereocenters. The Balaban J connectivity index is 1.65. The number of aromatic nitrogens is 2. The highest BCUT2D eigenvalue weighted by Gasteiger charge is 2.33. The van der Waals surface area contributed by atoms with Gasteiger partial charge < -0.3 is 24.3 Å². The van der Waals surface area contributed by atoms with Crippen molar-refractivity contribution in [3.8, 4) is 28.7 Å². The third-order valence-corrected chi connectivity index (χ3v) is 6.90. The van der Waals surface area contributed by atoms with Crippen LogP contribution < -0.4 is 24.3 Å². The number of sulfone groups is 1. The van der Waals surface area contributed by atoms with Gasteiger partial charge in [0, 0.05) is 11.6 Å². The van der Waals surface area contributed by atoms with E-state index in [0.717, 1.165) is 0 Å². The maximum Gasteiger partial charge on any atom is 0.249 e. The maximum atomic E-state index is 12.9. The Bertz CT molecular complexity index is 1370. The van der Waals surface area contributed by atoms with E-state index < -0.39 is 15.7 Å². The second kappa shape index (κ2) is 9.71. The Morgan fingerprint density at radius 1 is 0.971 bits per heavy atom. The van der Waals surface area contributed by atoms with Crippen molar-refractivity contribution in [3.63, 3.8) is 0 Å². The third-order valence-electron chi connectivity index (χ3n) is 5.46. The first-order valence-corrected chi connectivity index (χ1v) is 12.4. The summed E-state index contributed by atoms with van der Waals surface area (Å²) in [6, 6.07) is 10.5. The molecule has 1 aromatic heterocycles. The smallest absolute Gasteiger partial charge is 0.249 e. The van der Waals surface area contributed by atoms with Crippen LogP contribution in [-0.4, -0.2) is 52.5 Å². The summed E-state index contributed by atoms with van der Waals surface area (Å²) in [5.74, 6) is 1.50. The van der Waals surface area contributed by atoms with Crippen molar-refractivity contribution in [2.45, 2.75) is 11.5 Å². The first-order chi connectivity index (χ1) is 16.8. The number of amides is 1. The highest BCUT2D eigenvalue weighted by Crippen LogP contribution is 2.38. The number of nitrogens with zero attached hydrogens (tertiary/aromatic N) is 2. The normalized spacial score (nSPS) is 13.9. The molecule has 0 unspecified atom stereocenters. The molecule has 0 aliphatic carbocycles. The van der Waals surface area contributed by atoms with E-state index in [2.05, 4.69) is 10.4 Å². The summed E-state index contributed by atoms with van der Waals surface area (Å²) in [6.07, 6.45) is 2.92. The van der Waals surface area contributed by atoms with E-state index in [-0.39, 0.29) is 11.5 Å². The van der Waals surface area contributed by atoms with Crippen molar-refractivity contribution in [2.75, 3.05) is 33.8 Å². The molecule has 1 aliphatic heterocycles. The van der Waals surface area contributed by atoms with Crippen molar-refractivity contribution in [3.05, 3.63) is 59.3 Å². The summed E-state index contributed by atoms with van der Waals surface area (Å²) >= 11 is 0. The van der Waals surface area contributed by atoms with Crippen LogP contribution in [0.15, 0.2) is 42.5 Å². The number of rotatable bonds is 8. The topological polar surface area (TPSA) is 118 Å². The number of carbonyl (C=O) groups is 1. The van der Waals surface area contributed by atoms with Crippen molar-refractivity contribution in [1.82, 2.24) is 9.78 Å². The molecule has 0 bridgehead atoms. The quantitative estimate of drug-likeness (QED) is 0.470. The number of anilines is 1. The van der Waals surface area contributed by atoms with Gasteiger partial charge in [0.1, 0.15) is 11.6 Å². The van der Waals surface area contributed by atoms with Gasteiger partial charge in [-0.15, -0.1) is 0 Å². The van der Waals surface area contributed by atoms with Crippen LogP contribution in [-0.2, 0) is 26.1 Å². The van der Waals surface area contributed by atoms with Crippen LogP contribution in [0.3, 0.4) is 0 Å². The zero-order valence-corrected chi connectivity index (χ0v) is 20.5. The van der Waals surface area contributed by atoms with Gasteiger partial charge in [-0.3, -0.25) is 4.79 Å². The fraction of sp³-hybridized carbons (Fsp3) is 0.250. The molecular formula is C24H25N3O7S. The monoisotopic (exact) mass is 499 g/mol. The molecular weight excluding hydrogens is 474 g/mol. The molecule has 0 fully saturated rings. The minimum atomic E-state index is -3.31. The highest BCUT2D eigenvalue weighted by molar-refractivity contribution is 7.90. The lowest BCUT2D eigenvalue weighted by atomic mass is 10.1. The molecule has 1 aliphatic rings. The van der Waals surface area contributed by atoms with Gasteiger partial charge >= 0.3 is 0 Å². The molecule has 4 rings (SSSR count). The number of fused-ring (bicyclic) bond motifs is 1. The van der Waals surface area contributed by atoms with Crippen LogP contribution in [0.25, 0.3) is 11.8 Å². The van der Waals surface area contributed by atoms with Crippen LogP contribution in [0.1, 0.15) is 16.8 Å². The van der Waals surface area contributed by atoms with Gasteiger partial charge in [-0.05, 0) is 48.0 Å². The Hall–Kier alpha value is -3.99. The van der Waals surface area contributed by atoms with E-state index in [0.29, 0.717) is 51.3 Å². The molecule has 1 amide bonds. The Kier molecular flexibility index (Phi) is 6.70. The second-order valence-corrected chi connectivity index (χ2v) is 9.76. The van der Waals surface area contributed by atoms with E-state index in [1.165, 1.54) is 32.1 Å². The second-order valence-electron chi connectivity index (χ2n) is 7.70. The molecule has 0 saturated carbocycles. The zero-order valence-electron chi connectivity index (χ0n) is 19.7. The van der Waals surface area contributed by atoms with Crippen LogP contribution in [0.5, 0.6) is 23.0 Å². The fourth-order valence-electron chi connectivity index (χ4n) is 3.81. The van der Waals surface area contributed by atoms with Crippen LogP contribution in [0, 0.1) is 0 Å². The largest absolute Gasteiger partial charge is 0.497 e. The summed E-state index contributed by atoms with van der Waals surface area (Å²) < 4.78 is 47.1. The summed E-state index contributed by atoms with van der Waals surface area (Å²) in [4.78, 5) is 12.9. The van der Waals surface area contributed by atoms with Crippen LogP contribution in [0.2, 0.25) is 0 Å².